The van der Waals surface area contributed by atoms with Crippen LogP contribution in [0, 0.1) is 0 Å². The lowest BCUT2D eigenvalue weighted by Gasteiger charge is -2.13. The van der Waals surface area contributed by atoms with E-state index in [0.29, 0.717) is 12.2 Å². The van der Waals surface area contributed by atoms with E-state index in [1.165, 1.54) is 0 Å². The Kier molecular flexibility index (Phi) is 5.48. The molecule has 0 saturated carbocycles. The zero-order valence-electron chi connectivity index (χ0n) is 19.0. The van der Waals surface area contributed by atoms with Crippen LogP contribution in [0.3, 0.4) is 0 Å². The molecule has 0 radical (unpaired) electrons. The Bertz CT molecular complexity index is 1620. The standard InChI is InChI=1S/C26H23N7OS/c1-2-4-23(34)29-17-9-16(11-27-12-17)21-10-19-22(13-28-21)32-33-25(19)26-30-20-6-3-5-18(24(20)31-26)15-7-8-35-14-15/h3,5-14,23,29,34H,2,4H2,1H3,(H,30,31)(H,32,33). The van der Waals surface area contributed by atoms with E-state index in [4.69, 9.17) is 4.98 Å². The minimum absolute atomic E-state index is 0.611. The third-order valence-electron chi connectivity index (χ3n) is 5.95. The summed E-state index contributed by atoms with van der Waals surface area (Å²) in [6, 6.07) is 12.2. The lowest BCUT2D eigenvalue weighted by molar-refractivity contribution is 0.192. The molecule has 1 aromatic carbocycles. The number of pyridine rings is 2. The van der Waals surface area contributed by atoms with Gasteiger partial charge in [-0.2, -0.15) is 16.4 Å². The first kappa shape index (κ1) is 21.5. The molecule has 6 aromatic rings. The van der Waals surface area contributed by atoms with Gasteiger partial charge in [-0.05, 0) is 47.0 Å². The number of aromatic nitrogens is 6. The molecule has 1 unspecified atom stereocenters. The summed E-state index contributed by atoms with van der Waals surface area (Å²) in [5.74, 6) is 0.697. The van der Waals surface area contributed by atoms with Gasteiger partial charge in [0.05, 0.1) is 40.3 Å². The normalized spacial score (nSPS) is 12.4. The fourth-order valence-electron chi connectivity index (χ4n) is 4.25. The monoisotopic (exact) mass is 481 g/mol. The first-order valence-electron chi connectivity index (χ1n) is 11.5. The number of aliphatic hydroxyl groups is 1. The van der Waals surface area contributed by atoms with Gasteiger partial charge in [-0.25, -0.2) is 4.98 Å². The van der Waals surface area contributed by atoms with E-state index in [0.717, 1.165) is 62.1 Å². The van der Waals surface area contributed by atoms with Gasteiger partial charge < -0.3 is 15.4 Å². The van der Waals surface area contributed by atoms with E-state index < -0.39 is 6.23 Å². The summed E-state index contributed by atoms with van der Waals surface area (Å²) in [5.41, 5.74) is 8.03. The maximum atomic E-state index is 10.1. The fraction of sp³-hybridized carbons (Fsp3) is 0.154. The molecule has 5 heterocycles. The molecule has 9 heteroatoms. The number of H-pyrrole nitrogens is 2. The van der Waals surface area contributed by atoms with E-state index in [9.17, 15) is 5.11 Å². The van der Waals surface area contributed by atoms with Gasteiger partial charge in [0.15, 0.2) is 5.82 Å². The molecule has 0 aliphatic carbocycles. The van der Waals surface area contributed by atoms with E-state index in [1.807, 2.05) is 31.2 Å². The number of fused-ring (bicyclic) bond motifs is 2. The van der Waals surface area contributed by atoms with Gasteiger partial charge in [0.25, 0.3) is 0 Å². The van der Waals surface area contributed by atoms with Gasteiger partial charge >= 0.3 is 0 Å². The number of aromatic amines is 2. The number of anilines is 1. The Morgan fingerprint density at radius 3 is 2.89 bits per heavy atom. The van der Waals surface area contributed by atoms with Crippen molar-refractivity contribution in [3.63, 3.8) is 0 Å². The Labute approximate surface area is 205 Å². The third-order valence-corrected chi connectivity index (χ3v) is 6.63. The van der Waals surface area contributed by atoms with Gasteiger partial charge in [-0.15, -0.1) is 0 Å². The minimum atomic E-state index is -0.611. The van der Waals surface area contributed by atoms with E-state index in [-0.39, 0.29) is 0 Å². The summed E-state index contributed by atoms with van der Waals surface area (Å²) < 4.78 is 0. The number of hydrogen-bond acceptors (Lipinski definition) is 7. The molecular formula is C26H23N7OS. The van der Waals surface area contributed by atoms with E-state index >= 15 is 0 Å². The summed E-state index contributed by atoms with van der Waals surface area (Å²) in [6.45, 7) is 2.03. The molecule has 0 aliphatic rings. The smallest absolute Gasteiger partial charge is 0.159 e. The molecule has 0 saturated heterocycles. The van der Waals surface area contributed by atoms with Gasteiger partial charge in [0.2, 0.25) is 0 Å². The third kappa shape index (κ3) is 4.05. The summed E-state index contributed by atoms with van der Waals surface area (Å²) in [6.07, 6.45) is 6.17. The zero-order chi connectivity index (χ0) is 23.8. The highest BCUT2D eigenvalue weighted by atomic mass is 32.1. The molecule has 6 rings (SSSR count). The van der Waals surface area contributed by atoms with Crippen molar-refractivity contribution in [2.45, 2.75) is 26.0 Å². The maximum absolute atomic E-state index is 10.1. The Morgan fingerprint density at radius 2 is 2.03 bits per heavy atom. The molecule has 0 fully saturated rings. The number of rotatable bonds is 7. The molecule has 1 atom stereocenters. The second kappa shape index (κ2) is 8.94. The lowest BCUT2D eigenvalue weighted by Crippen LogP contribution is -2.18. The predicted molar refractivity (Wildman–Crippen MR) is 140 cm³/mol. The molecule has 0 aliphatic heterocycles. The minimum Gasteiger partial charge on any atom is -0.374 e. The van der Waals surface area contributed by atoms with Crippen LogP contribution >= 0.6 is 11.3 Å². The number of para-hydroxylation sites is 1. The molecule has 0 spiro atoms. The van der Waals surface area contributed by atoms with Gasteiger partial charge in [-0.3, -0.25) is 15.1 Å². The summed E-state index contributed by atoms with van der Waals surface area (Å²) in [4.78, 5) is 17.3. The van der Waals surface area contributed by atoms with Crippen molar-refractivity contribution in [1.29, 1.82) is 0 Å². The number of aliphatic hydroxyl groups excluding tert-OH is 1. The molecule has 5 aromatic heterocycles. The predicted octanol–water partition coefficient (Wildman–Crippen LogP) is 5.82. The van der Waals surface area contributed by atoms with Crippen LogP contribution < -0.4 is 5.32 Å². The number of nitrogens with one attached hydrogen (secondary N) is 3. The number of imidazole rings is 1. The Morgan fingerprint density at radius 1 is 1.09 bits per heavy atom. The van der Waals surface area contributed by atoms with Crippen LogP contribution in [0.4, 0.5) is 5.69 Å². The highest BCUT2D eigenvalue weighted by Crippen LogP contribution is 2.33. The van der Waals surface area contributed by atoms with Crippen molar-refractivity contribution in [3.05, 3.63) is 65.7 Å². The number of hydrogen-bond donors (Lipinski definition) is 4. The SMILES string of the molecule is CCCC(O)Nc1cncc(-c2cc3c(-c4nc5c(-c6ccsc6)cccc5[nH]4)n[nH]c3cn2)c1. The Hall–Kier alpha value is -4.08. The molecule has 0 bridgehead atoms. The van der Waals surface area contributed by atoms with Crippen molar-refractivity contribution in [2.75, 3.05) is 5.32 Å². The van der Waals surface area contributed by atoms with Gasteiger partial charge in [0.1, 0.15) is 11.9 Å². The topological polar surface area (TPSA) is 115 Å². The van der Waals surface area contributed by atoms with E-state index in [1.54, 1.807) is 29.9 Å². The number of nitrogens with zero attached hydrogens (tertiary/aromatic N) is 4. The summed E-state index contributed by atoms with van der Waals surface area (Å²) in [5, 5.41) is 25.9. The second-order valence-corrected chi connectivity index (χ2v) is 9.18. The zero-order valence-corrected chi connectivity index (χ0v) is 19.8. The van der Waals surface area contributed by atoms with Crippen molar-refractivity contribution in [3.8, 4) is 33.9 Å². The first-order valence-corrected chi connectivity index (χ1v) is 12.4. The highest BCUT2D eigenvalue weighted by Gasteiger charge is 2.16. The maximum Gasteiger partial charge on any atom is 0.159 e. The van der Waals surface area contributed by atoms with Crippen LogP contribution in [-0.4, -0.2) is 41.5 Å². The molecule has 4 N–H and O–H groups in total. The number of benzene rings is 1. The van der Waals surface area contributed by atoms with Crippen LogP contribution in [0.2, 0.25) is 0 Å². The average molecular weight is 482 g/mol. The van der Waals surface area contributed by atoms with Crippen molar-refractivity contribution >= 4 is 39.0 Å². The van der Waals surface area contributed by atoms with E-state index in [2.05, 4.69) is 53.4 Å². The van der Waals surface area contributed by atoms with Crippen LogP contribution in [0.15, 0.2) is 65.7 Å². The van der Waals surface area contributed by atoms with Crippen LogP contribution in [0.25, 0.3) is 55.8 Å². The Balaban J connectivity index is 1.40. The second-order valence-electron chi connectivity index (χ2n) is 8.40. The molecule has 8 nitrogen and oxygen atoms in total. The molecule has 35 heavy (non-hydrogen) atoms. The molecular weight excluding hydrogens is 458 g/mol. The average Bonchev–Trinajstić information content (AvgIpc) is 3.63. The van der Waals surface area contributed by atoms with Gasteiger partial charge in [0, 0.05) is 22.7 Å². The molecule has 174 valence electrons. The highest BCUT2D eigenvalue weighted by molar-refractivity contribution is 7.08. The number of thiophene rings is 1. The van der Waals surface area contributed by atoms with Crippen molar-refractivity contribution in [2.24, 2.45) is 0 Å². The quantitative estimate of drug-likeness (QED) is 0.214. The fourth-order valence-corrected chi connectivity index (χ4v) is 4.90. The summed E-state index contributed by atoms with van der Waals surface area (Å²) in [7, 11) is 0. The van der Waals surface area contributed by atoms with Gasteiger partial charge in [-0.1, -0.05) is 25.5 Å². The van der Waals surface area contributed by atoms with Crippen molar-refractivity contribution in [1.82, 2.24) is 30.1 Å². The van der Waals surface area contributed by atoms with Crippen LogP contribution in [0.5, 0.6) is 0 Å². The van der Waals surface area contributed by atoms with Crippen LogP contribution in [0.1, 0.15) is 19.8 Å². The largest absolute Gasteiger partial charge is 0.374 e. The van der Waals surface area contributed by atoms with Crippen molar-refractivity contribution < 1.29 is 5.11 Å². The first-order chi connectivity index (χ1) is 17.2. The summed E-state index contributed by atoms with van der Waals surface area (Å²) >= 11 is 1.67. The van der Waals surface area contributed by atoms with Crippen LogP contribution in [-0.2, 0) is 0 Å². The lowest BCUT2D eigenvalue weighted by atomic mass is 10.1. The molecule has 0 amide bonds.